The van der Waals surface area contributed by atoms with Crippen molar-refractivity contribution >= 4 is 23.2 Å². The summed E-state index contributed by atoms with van der Waals surface area (Å²) in [4.78, 5) is 11.7. The van der Waals surface area contributed by atoms with Crippen LogP contribution >= 0.6 is 11.6 Å². The maximum Gasteiger partial charge on any atom is 0.226 e. The van der Waals surface area contributed by atoms with Gasteiger partial charge >= 0.3 is 0 Å². The Morgan fingerprint density at radius 1 is 1.45 bits per heavy atom. The summed E-state index contributed by atoms with van der Waals surface area (Å²) < 4.78 is 19.1. The molecule has 110 valence electrons. The quantitative estimate of drug-likeness (QED) is 0.879. The normalized spacial score (nSPS) is 16.1. The van der Waals surface area contributed by atoms with Crippen LogP contribution in [-0.4, -0.2) is 31.7 Å². The van der Waals surface area contributed by atoms with Crippen LogP contribution in [0.15, 0.2) is 18.2 Å². The van der Waals surface area contributed by atoms with E-state index in [-0.39, 0.29) is 29.1 Å². The molecule has 0 unspecified atom stereocenters. The summed E-state index contributed by atoms with van der Waals surface area (Å²) in [6.07, 6.45) is 2.32. The van der Waals surface area contributed by atoms with Gasteiger partial charge in [0.2, 0.25) is 5.91 Å². The van der Waals surface area contributed by atoms with E-state index in [9.17, 15) is 9.18 Å². The fraction of sp³-hybridized carbons (Fsp3) is 0.500. The SMILES string of the molecule is O=C(CCOC1CCNCC1)Nc1c(F)cccc1Cl. The molecule has 0 aliphatic carbocycles. The van der Waals surface area contributed by atoms with Gasteiger partial charge in [0.25, 0.3) is 0 Å². The number of hydrogen-bond donors (Lipinski definition) is 2. The lowest BCUT2D eigenvalue weighted by atomic mass is 10.1. The van der Waals surface area contributed by atoms with E-state index in [1.54, 1.807) is 0 Å². The summed E-state index contributed by atoms with van der Waals surface area (Å²) in [5.74, 6) is -0.837. The lowest BCUT2D eigenvalue weighted by Crippen LogP contribution is -2.33. The second-order valence-electron chi connectivity index (χ2n) is 4.71. The fourth-order valence-electron chi connectivity index (χ4n) is 2.10. The zero-order chi connectivity index (χ0) is 14.4. The molecule has 1 amide bonds. The number of amides is 1. The molecule has 6 heteroatoms. The topological polar surface area (TPSA) is 50.4 Å². The van der Waals surface area contributed by atoms with Crippen molar-refractivity contribution in [2.24, 2.45) is 0 Å². The van der Waals surface area contributed by atoms with Gasteiger partial charge in [0, 0.05) is 0 Å². The van der Waals surface area contributed by atoms with Gasteiger partial charge in [-0.05, 0) is 38.1 Å². The summed E-state index contributed by atoms with van der Waals surface area (Å²) in [5.41, 5.74) is 0.0287. The Balaban J connectivity index is 1.75. The largest absolute Gasteiger partial charge is 0.378 e. The van der Waals surface area contributed by atoms with E-state index < -0.39 is 5.82 Å². The van der Waals surface area contributed by atoms with Crippen molar-refractivity contribution in [3.05, 3.63) is 29.0 Å². The molecular weight excluding hydrogens is 283 g/mol. The minimum Gasteiger partial charge on any atom is -0.378 e. The van der Waals surface area contributed by atoms with Crippen LogP contribution in [0.25, 0.3) is 0 Å². The molecule has 20 heavy (non-hydrogen) atoms. The van der Waals surface area contributed by atoms with Crippen molar-refractivity contribution in [3.63, 3.8) is 0 Å². The third-order valence-electron chi connectivity index (χ3n) is 3.20. The Kier molecular flexibility index (Phi) is 5.76. The average molecular weight is 301 g/mol. The van der Waals surface area contributed by atoms with Crippen molar-refractivity contribution < 1.29 is 13.9 Å². The van der Waals surface area contributed by atoms with Crippen LogP contribution in [0.3, 0.4) is 0 Å². The number of para-hydroxylation sites is 1. The molecule has 1 aromatic carbocycles. The fourth-order valence-corrected chi connectivity index (χ4v) is 2.31. The number of piperidine rings is 1. The lowest BCUT2D eigenvalue weighted by molar-refractivity contribution is -0.117. The lowest BCUT2D eigenvalue weighted by Gasteiger charge is -2.22. The Bertz CT molecular complexity index is 444. The maximum absolute atomic E-state index is 13.5. The first-order chi connectivity index (χ1) is 9.66. The van der Waals surface area contributed by atoms with Gasteiger partial charge in [0.1, 0.15) is 5.82 Å². The zero-order valence-corrected chi connectivity index (χ0v) is 11.9. The molecule has 0 atom stereocenters. The number of rotatable bonds is 5. The summed E-state index contributed by atoms with van der Waals surface area (Å²) in [6, 6.07) is 4.28. The third kappa shape index (κ3) is 4.44. The molecule has 4 nitrogen and oxygen atoms in total. The molecule has 0 aromatic heterocycles. The highest BCUT2D eigenvalue weighted by atomic mass is 35.5. The molecule has 0 bridgehead atoms. The van der Waals surface area contributed by atoms with Crippen LogP contribution in [0.5, 0.6) is 0 Å². The smallest absolute Gasteiger partial charge is 0.226 e. The van der Waals surface area contributed by atoms with E-state index >= 15 is 0 Å². The Labute approximate surface area is 122 Å². The Morgan fingerprint density at radius 3 is 2.90 bits per heavy atom. The van der Waals surface area contributed by atoms with E-state index in [1.807, 2.05) is 0 Å². The number of ether oxygens (including phenoxy) is 1. The minimum absolute atomic E-state index is 0.0287. The van der Waals surface area contributed by atoms with Gasteiger partial charge < -0.3 is 15.4 Å². The number of carbonyl (C=O) groups excluding carboxylic acids is 1. The van der Waals surface area contributed by atoms with Crippen LogP contribution in [0, 0.1) is 5.82 Å². The van der Waals surface area contributed by atoms with Gasteiger partial charge in [-0.2, -0.15) is 0 Å². The van der Waals surface area contributed by atoms with Crippen molar-refractivity contribution in [1.29, 1.82) is 0 Å². The second kappa shape index (κ2) is 7.57. The van der Waals surface area contributed by atoms with Crippen LogP contribution in [0.1, 0.15) is 19.3 Å². The molecule has 1 aliphatic rings. The summed E-state index contributed by atoms with van der Waals surface area (Å²) in [7, 11) is 0. The van der Waals surface area contributed by atoms with Crippen molar-refractivity contribution in [3.8, 4) is 0 Å². The van der Waals surface area contributed by atoms with E-state index in [0.717, 1.165) is 25.9 Å². The van der Waals surface area contributed by atoms with Crippen LogP contribution in [-0.2, 0) is 9.53 Å². The van der Waals surface area contributed by atoms with Crippen molar-refractivity contribution in [2.75, 3.05) is 25.0 Å². The van der Waals surface area contributed by atoms with Gasteiger partial charge in [-0.15, -0.1) is 0 Å². The molecule has 1 fully saturated rings. The van der Waals surface area contributed by atoms with E-state index in [2.05, 4.69) is 10.6 Å². The number of benzene rings is 1. The molecule has 1 saturated heterocycles. The molecular formula is C14H18ClFN2O2. The highest BCUT2D eigenvalue weighted by Gasteiger charge is 2.14. The van der Waals surface area contributed by atoms with Crippen LogP contribution in [0.2, 0.25) is 5.02 Å². The standard InChI is InChI=1S/C14H18ClFN2O2/c15-11-2-1-3-12(16)14(11)18-13(19)6-9-20-10-4-7-17-8-5-10/h1-3,10,17H,4-9H2,(H,18,19). The third-order valence-corrected chi connectivity index (χ3v) is 3.51. The highest BCUT2D eigenvalue weighted by Crippen LogP contribution is 2.24. The average Bonchev–Trinajstić information content (AvgIpc) is 2.44. The summed E-state index contributed by atoms with van der Waals surface area (Å²) in [5, 5.41) is 5.91. The monoisotopic (exact) mass is 300 g/mol. The molecule has 2 rings (SSSR count). The first kappa shape index (κ1) is 15.2. The van der Waals surface area contributed by atoms with Crippen molar-refractivity contribution in [2.45, 2.75) is 25.4 Å². The molecule has 0 spiro atoms. The Hall–Kier alpha value is -1.17. The summed E-state index contributed by atoms with van der Waals surface area (Å²) >= 11 is 5.84. The van der Waals surface area contributed by atoms with Gasteiger partial charge in [0.15, 0.2) is 0 Å². The number of anilines is 1. The first-order valence-corrected chi connectivity index (χ1v) is 7.11. The van der Waals surface area contributed by atoms with E-state index in [1.165, 1.54) is 18.2 Å². The number of carbonyl (C=O) groups is 1. The number of halogens is 2. The zero-order valence-electron chi connectivity index (χ0n) is 11.1. The van der Waals surface area contributed by atoms with Gasteiger partial charge in [-0.1, -0.05) is 17.7 Å². The van der Waals surface area contributed by atoms with Crippen LogP contribution < -0.4 is 10.6 Å². The second-order valence-corrected chi connectivity index (χ2v) is 5.12. The maximum atomic E-state index is 13.5. The van der Waals surface area contributed by atoms with Crippen molar-refractivity contribution in [1.82, 2.24) is 5.32 Å². The van der Waals surface area contributed by atoms with E-state index in [4.69, 9.17) is 16.3 Å². The van der Waals surface area contributed by atoms with Gasteiger partial charge in [-0.3, -0.25) is 4.79 Å². The first-order valence-electron chi connectivity index (χ1n) is 6.73. The Morgan fingerprint density at radius 2 is 2.20 bits per heavy atom. The molecule has 0 saturated carbocycles. The van der Waals surface area contributed by atoms with Crippen LogP contribution in [0.4, 0.5) is 10.1 Å². The molecule has 1 aliphatic heterocycles. The molecule has 1 heterocycles. The van der Waals surface area contributed by atoms with E-state index in [0.29, 0.717) is 6.61 Å². The molecule has 1 aromatic rings. The number of nitrogens with one attached hydrogen (secondary N) is 2. The predicted octanol–water partition coefficient (Wildman–Crippen LogP) is 2.58. The molecule has 2 N–H and O–H groups in total. The predicted molar refractivity (Wildman–Crippen MR) is 76.5 cm³/mol. The number of hydrogen-bond acceptors (Lipinski definition) is 3. The van der Waals surface area contributed by atoms with Gasteiger partial charge in [-0.25, -0.2) is 4.39 Å². The highest BCUT2D eigenvalue weighted by molar-refractivity contribution is 6.33. The summed E-state index contributed by atoms with van der Waals surface area (Å²) in [6.45, 7) is 2.23. The van der Waals surface area contributed by atoms with Gasteiger partial charge in [0.05, 0.1) is 29.8 Å². The minimum atomic E-state index is -0.537. The molecule has 0 radical (unpaired) electrons.